The minimum absolute atomic E-state index is 0.162. The Balaban J connectivity index is 2.00. The van der Waals surface area contributed by atoms with Crippen LogP contribution >= 0.6 is 0 Å². The topological polar surface area (TPSA) is 32.7 Å². The van der Waals surface area contributed by atoms with Gasteiger partial charge in [0.2, 0.25) is 0 Å². The van der Waals surface area contributed by atoms with Crippen LogP contribution in [0.5, 0.6) is 0 Å². The van der Waals surface area contributed by atoms with E-state index in [2.05, 4.69) is 11.5 Å². The maximum absolute atomic E-state index is 13.4. The lowest BCUT2D eigenvalue weighted by molar-refractivity contribution is -0.0206. The lowest BCUT2D eigenvalue weighted by Crippen LogP contribution is -2.44. The highest BCUT2D eigenvalue weighted by Crippen LogP contribution is 2.41. The van der Waals surface area contributed by atoms with Gasteiger partial charge in [-0.1, -0.05) is 48.5 Å². The molecule has 3 rings (SSSR count). The number of hydrogen-bond donors (Lipinski definition) is 1. The normalized spacial score (nSPS) is 18.8. The fourth-order valence-electron chi connectivity index (χ4n) is 3.68. The fraction of sp³-hybridized carbons (Fsp3) is 0.364. The van der Waals surface area contributed by atoms with Crippen molar-refractivity contribution in [2.24, 2.45) is 0 Å². The van der Waals surface area contributed by atoms with Crippen molar-refractivity contribution in [2.45, 2.75) is 17.9 Å². The highest BCUT2D eigenvalue weighted by Gasteiger charge is 2.39. The molecule has 2 atom stereocenters. The molecule has 4 heteroatoms. The van der Waals surface area contributed by atoms with Crippen LogP contribution in [0.3, 0.4) is 0 Å². The van der Waals surface area contributed by atoms with E-state index in [0.29, 0.717) is 31.7 Å². The summed E-state index contributed by atoms with van der Waals surface area (Å²) in [5.41, 5.74) is 0.614. The molecule has 2 aromatic rings. The van der Waals surface area contributed by atoms with Gasteiger partial charge in [-0.05, 0) is 29.7 Å². The number of benzene rings is 2. The van der Waals surface area contributed by atoms with Crippen LogP contribution in [-0.4, -0.2) is 42.9 Å². The molecule has 0 amide bonds. The zero-order valence-corrected chi connectivity index (χ0v) is 15.0. The third-order valence-corrected chi connectivity index (χ3v) is 5.12. The maximum atomic E-state index is 13.4. The summed E-state index contributed by atoms with van der Waals surface area (Å²) in [6.45, 7) is 7.65. The first-order valence-electron chi connectivity index (χ1n) is 9.08. The Labute approximate surface area is 154 Å². The van der Waals surface area contributed by atoms with Crippen molar-refractivity contribution >= 4 is 0 Å². The SMILES string of the molecule is C=CC[C@](O)(c1ccc(F)cc1)[C@H](CN1CCOCC1)c1ccccc1. The molecule has 0 radical (unpaired) electrons. The summed E-state index contributed by atoms with van der Waals surface area (Å²) in [7, 11) is 0. The van der Waals surface area contributed by atoms with Gasteiger partial charge in [0, 0.05) is 25.6 Å². The van der Waals surface area contributed by atoms with Crippen molar-refractivity contribution in [3.05, 3.63) is 84.2 Å². The quantitative estimate of drug-likeness (QED) is 0.769. The summed E-state index contributed by atoms with van der Waals surface area (Å²) in [6, 6.07) is 16.2. The number of rotatable bonds is 7. The van der Waals surface area contributed by atoms with Crippen molar-refractivity contribution < 1.29 is 14.2 Å². The smallest absolute Gasteiger partial charge is 0.123 e. The number of ether oxygens (including phenoxy) is 1. The summed E-state index contributed by atoms with van der Waals surface area (Å²) in [6.07, 6.45) is 2.13. The summed E-state index contributed by atoms with van der Waals surface area (Å²) in [5.74, 6) is -0.468. The molecular formula is C22H26FNO2. The molecule has 0 aromatic heterocycles. The van der Waals surface area contributed by atoms with Gasteiger partial charge in [0.1, 0.15) is 11.4 Å². The van der Waals surface area contributed by atoms with E-state index in [0.717, 1.165) is 18.7 Å². The van der Waals surface area contributed by atoms with Gasteiger partial charge in [0.15, 0.2) is 0 Å². The highest BCUT2D eigenvalue weighted by atomic mass is 19.1. The van der Waals surface area contributed by atoms with E-state index in [1.807, 2.05) is 30.3 Å². The second-order valence-corrected chi connectivity index (χ2v) is 6.80. The Morgan fingerprint density at radius 2 is 1.77 bits per heavy atom. The van der Waals surface area contributed by atoms with E-state index in [4.69, 9.17) is 4.74 Å². The van der Waals surface area contributed by atoms with Crippen LogP contribution in [-0.2, 0) is 10.3 Å². The van der Waals surface area contributed by atoms with Crippen molar-refractivity contribution in [3.63, 3.8) is 0 Å². The van der Waals surface area contributed by atoms with Crippen molar-refractivity contribution in [1.82, 2.24) is 4.90 Å². The predicted molar refractivity (Wildman–Crippen MR) is 102 cm³/mol. The molecule has 3 nitrogen and oxygen atoms in total. The van der Waals surface area contributed by atoms with Crippen molar-refractivity contribution in [1.29, 1.82) is 0 Å². The van der Waals surface area contributed by atoms with Crippen LogP contribution in [0, 0.1) is 5.82 Å². The number of aliphatic hydroxyl groups is 1. The van der Waals surface area contributed by atoms with Crippen molar-refractivity contribution in [3.8, 4) is 0 Å². The van der Waals surface area contributed by atoms with Gasteiger partial charge in [0.25, 0.3) is 0 Å². The van der Waals surface area contributed by atoms with Crippen LogP contribution in [0.2, 0.25) is 0 Å². The summed E-state index contributed by atoms with van der Waals surface area (Å²) < 4.78 is 18.9. The first-order valence-corrected chi connectivity index (χ1v) is 9.08. The average molecular weight is 355 g/mol. The standard InChI is InChI=1S/C22H26FNO2/c1-2-12-22(25,19-8-10-20(23)11-9-19)21(18-6-4-3-5-7-18)17-24-13-15-26-16-14-24/h2-11,21,25H,1,12-17H2/t21-,22+/m1/s1. The minimum Gasteiger partial charge on any atom is -0.384 e. The molecule has 1 fully saturated rings. The molecule has 26 heavy (non-hydrogen) atoms. The molecule has 0 aliphatic carbocycles. The van der Waals surface area contributed by atoms with Gasteiger partial charge < -0.3 is 9.84 Å². The number of nitrogens with zero attached hydrogens (tertiary/aromatic N) is 1. The van der Waals surface area contributed by atoms with E-state index in [-0.39, 0.29) is 11.7 Å². The third-order valence-electron chi connectivity index (χ3n) is 5.12. The van der Waals surface area contributed by atoms with E-state index in [9.17, 15) is 9.50 Å². The minimum atomic E-state index is -1.16. The lowest BCUT2D eigenvalue weighted by Gasteiger charge is -2.40. The summed E-state index contributed by atoms with van der Waals surface area (Å²) in [5, 5.41) is 11.8. The van der Waals surface area contributed by atoms with Gasteiger partial charge in [-0.15, -0.1) is 6.58 Å². The first-order chi connectivity index (χ1) is 12.6. The molecule has 138 valence electrons. The van der Waals surface area contributed by atoms with Gasteiger partial charge in [0.05, 0.1) is 13.2 Å². The Bertz CT molecular complexity index is 698. The molecule has 1 aliphatic rings. The fourth-order valence-corrected chi connectivity index (χ4v) is 3.68. The zero-order valence-electron chi connectivity index (χ0n) is 15.0. The molecule has 0 unspecified atom stereocenters. The number of hydrogen-bond acceptors (Lipinski definition) is 3. The van der Waals surface area contributed by atoms with E-state index < -0.39 is 5.60 Å². The van der Waals surface area contributed by atoms with Crippen LogP contribution < -0.4 is 0 Å². The Kier molecular flexibility index (Phi) is 6.20. The van der Waals surface area contributed by atoms with Gasteiger partial charge in [-0.25, -0.2) is 4.39 Å². The number of morpholine rings is 1. The molecule has 0 bridgehead atoms. The molecular weight excluding hydrogens is 329 g/mol. The van der Waals surface area contributed by atoms with Crippen LogP contribution in [0.1, 0.15) is 23.5 Å². The lowest BCUT2D eigenvalue weighted by atomic mass is 9.75. The largest absolute Gasteiger partial charge is 0.384 e. The van der Waals surface area contributed by atoms with Gasteiger partial charge in [-0.2, -0.15) is 0 Å². The molecule has 1 N–H and O–H groups in total. The second kappa shape index (κ2) is 8.58. The van der Waals surface area contributed by atoms with E-state index in [1.54, 1.807) is 18.2 Å². The van der Waals surface area contributed by atoms with Crippen LogP contribution in [0.25, 0.3) is 0 Å². The number of halogens is 1. The second-order valence-electron chi connectivity index (χ2n) is 6.80. The summed E-state index contributed by atoms with van der Waals surface area (Å²) in [4.78, 5) is 2.32. The third kappa shape index (κ3) is 4.21. The maximum Gasteiger partial charge on any atom is 0.123 e. The van der Waals surface area contributed by atoms with Crippen molar-refractivity contribution in [2.75, 3.05) is 32.8 Å². The highest BCUT2D eigenvalue weighted by molar-refractivity contribution is 5.32. The molecule has 2 aromatic carbocycles. The molecule has 1 aliphatic heterocycles. The van der Waals surface area contributed by atoms with Gasteiger partial charge >= 0.3 is 0 Å². The Morgan fingerprint density at radius 3 is 2.38 bits per heavy atom. The molecule has 0 saturated carbocycles. The van der Waals surface area contributed by atoms with E-state index in [1.165, 1.54) is 12.1 Å². The predicted octanol–water partition coefficient (Wildman–Crippen LogP) is 3.71. The van der Waals surface area contributed by atoms with E-state index >= 15 is 0 Å². The monoisotopic (exact) mass is 355 g/mol. The first kappa shape index (κ1) is 18.8. The molecule has 0 spiro atoms. The van der Waals surface area contributed by atoms with Gasteiger partial charge in [-0.3, -0.25) is 4.90 Å². The molecule has 1 heterocycles. The zero-order chi connectivity index (χ0) is 18.4. The molecule has 1 saturated heterocycles. The Hall–Kier alpha value is -2.01. The Morgan fingerprint density at radius 1 is 1.12 bits per heavy atom. The summed E-state index contributed by atoms with van der Waals surface area (Å²) >= 11 is 0. The van der Waals surface area contributed by atoms with Crippen LogP contribution in [0.15, 0.2) is 67.3 Å². The average Bonchev–Trinajstić information content (AvgIpc) is 2.68. The van der Waals surface area contributed by atoms with Crippen LogP contribution in [0.4, 0.5) is 4.39 Å².